The van der Waals surface area contributed by atoms with Crippen LogP contribution in [0.4, 0.5) is 0 Å². The van der Waals surface area contributed by atoms with Gasteiger partial charge in [-0.2, -0.15) is 0 Å². The highest BCUT2D eigenvalue weighted by molar-refractivity contribution is 7.10. The van der Waals surface area contributed by atoms with Gasteiger partial charge in [0.1, 0.15) is 0 Å². The first kappa shape index (κ1) is 22.3. The molecule has 0 radical (unpaired) electrons. The van der Waals surface area contributed by atoms with E-state index in [9.17, 15) is 9.59 Å². The molecule has 2 atom stereocenters. The van der Waals surface area contributed by atoms with Crippen molar-refractivity contribution >= 4 is 23.2 Å². The van der Waals surface area contributed by atoms with Crippen molar-refractivity contribution in [2.45, 2.75) is 57.0 Å². The predicted molar refractivity (Wildman–Crippen MR) is 130 cm³/mol. The quantitative estimate of drug-likeness (QED) is 0.446. The van der Waals surface area contributed by atoms with Gasteiger partial charge in [0.15, 0.2) is 0 Å². The Bertz CT molecular complexity index is 1030. The van der Waals surface area contributed by atoms with Crippen molar-refractivity contribution in [3.05, 3.63) is 82.6 Å². The molecule has 2 heterocycles. The third-order valence-corrected chi connectivity index (χ3v) is 7.29. The third kappa shape index (κ3) is 5.46. The van der Waals surface area contributed by atoms with E-state index in [2.05, 4.69) is 60.0 Å². The first-order valence-corrected chi connectivity index (χ1v) is 12.2. The van der Waals surface area contributed by atoms with Crippen LogP contribution >= 0.6 is 11.3 Å². The largest absolute Gasteiger partial charge is 0.350 e. The van der Waals surface area contributed by atoms with Crippen LogP contribution in [-0.2, 0) is 16.0 Å². The molecule has 2 N–H and O–H groups in total. The van der Waals surface area contributed by atoms with E-state index in [4.69, 9.17) is 0 Å². The third-order valence-electron chi connectivity index (χ3n) is 6.30. The molecule has 0 saturated carbocycles. The molecule has 2 aromatic carbocycles. The van der Waals surface area contributed by atoms with Gasteiger partial charge in [0.2, 0.25) is 11.8 Å². The Balaban J connectivity index is 1.40. The number of benzene rings is 2. The van der Waals surface area contributed by atoms with Crippen molar-refractivity contribution in [1.82, 2.24) is 10.6 Å². The van der Waals surface area contributed by atoms with Gasteiger partial charge in [-0.15, -0.1) is 11.3 Å². The zero-order valence-electron chi connectivity index (χ0n) is 18.5. The maximum Gasteiger partial charge on any atom is 0.220 e. The van der Waals surface area contributed by atoms with Crippen LogP contribution in [0.15, 0.2) is 72.1 Å². The van der Waals surface area contributed by atoms with Gasteiger partial charge >= 0.3 is 0 Å². The highest BCUT2D eigenvalue weighted by Crippen LogP contribution is 2.31. The van der Waals surface area contributed by atoms with Gasteiger partial charge in [0.05, 0.1) is 6.04 Å². The lowest BCUT2D eigenvalue weighted by molar-refractivity contribution is -0.123. The molecule has 1 saturated heterocycles. The SMILES string of the molecule is CC[C@H](NC(=O)CC[C@]1(Cc2ccc(-c3ccccc3)cc2)CCC(=O)N1)c1cccs1. The smallest absolute Gasteiger partial charge is 0.220 e. The highest BCUT2D eigenvalue weighted by atomic mass is 32.1. The van der Waals surface area contributed by atoms with Crippen LogP contribution in [0, 0.1) is 0 Å². The van der Waals surface area contributed by atoms with E-state index < -0.39 is 0 Å². The number of rotatable bonds is 9. The monoisotopic (exact) mass is 446 g/mol. The maximum atomic E-state index is 12.7. The first-order valence-electron chi connectivity index (χ1n) is 11.3. The number of hydrogen-bond donors (Lipinski definition) is 2. The summed E-state index contributed by atoms with van der Waals surface area (Å²) in [5.41, 5.74) is 3.19. The van der Waals surface area contributed by atoms with Crippen LogP contribution in [0.2, 0.25) is 0 Å². The van der Waals surface area contributed by atoms with Gasteiger partial charge in [0.25, 0.3) is 0 Å². The Kier molecular flexibility index (Phi) is 7.05. The van der Waals surface area contributed by atoms with E-state index in [1.165, 1.54) is 21.6 Å². The average Bonchev–Trinajstić information content (AvgIpc) is 3.48. The Labute approximate surface area is 194 Å². The molecule has 3 aromatic rings. The first-order chi connectivity index (χ1) is 15.6. The Hall–Kier alpha value is -2.92. The fraction of sp³-hybridized carbons (Fsp3) is 0.333. The highest BCUT2D eigenvalue weighted by Gasteiger charge is 2.38. The zero-order chi connectivity index (χ0) is 22.4. The molecule has 1 aromatic heterocycles. The Morgan fingerprint density at radius 3 is 2.44 bits per heavy atom. The molecule has 0 unspecified atom stereocenters. The second kappa shape index (κ2) is 10.1. The summed E-state index contributed by atoms with van der Waals surface area (Å²) in [6, 6.07) is 23.0. The molecule has 1 aliphatic heterocycles. The van der Waals surface area contributed by atoms with Crippen LogP contribution in [0.1, 0.15) is 55.5 Å². The van der Waals surface area contributed by atoms with Crippen LogP contribution in [0.3, 0.4) is 0 Å². The van der Waals surface area contributed by atoms with Crippen molar-refractivity contribution in [1.29, 1.82) is 0 Å². The maximum absolute atomic E-state index is 12.7. The molecule has 1 fully saturated rings. The molecule has 0 spiro atoms. The molecule has 32 heavy (non-hydrogen) atoms. The van der Waals surface area contributed by atoms with Crippen molar-refractivity contribution in [3.8, 4) is 11.1 Å². The number of hydrogen-bond acceptors (Lipinski definition) is 3. The van der Waals surface area contributed by atoms with Crippen LogP contribution < -0.4 is 10.6 Å². The van der Waals surface area contributed by atoms with Crippen molar-refractivity contribution in [2.75, 3.05) is 0 Å². The van der Waals surface area contributed by atoms with Crippen LogP contribution in [-0.4, -0.2) is 17.4 Å². The van der Waals surface area contributed by atoms with Gasteiger partial charge in [-0.3, -0.25) is 9.59 Å². The van der Waals surface area contributed by atoms with E-state index in [0.717, 1.165) is 19.3 Å². The summed E-state index contributed by atoms with van der Waals surface area (Å²) in [4.78, 5) is 26.0. The number of thiophene rings is 1. The molecule has 0 bridgehead atoms. The summed E-state index contributed by atoms with van der Waals surface area (Å²) in [5, 5.41) is 8.40. The van der Waals surface area contributed by atoms with Crippen molar-refractivity contribution < 1.29 is 9.59 Å². The van der Waals surface area contributed by atoms with Gasteiger partial charge < -0.3 is 10.6 Å². The standard InChI is InChI=1S/C27H30N2O2S/c1-2-23(24-9-6-18-32-24)28-25(30)14-16-27(17-15-26(31)29-27)19-20-10-12-22(13-11-20)21-7-4-3-5-8-21/h3-13,18,23H,2,14-17,19H2,1H3,(H,28,30)(H,29,31)/t23-,27+/m0/s1. The van der Waals surface area contributed by atoms with Gasteiger partial charge in [-0.1, -0.05) is 67.6 Å². The number of carbonyl (C=O) groups excluding carboxylic acids is 2. The number of amides is 2. The van der Waals surface area contributed by atoms with Gasteiger partial charge in [-0.25, -0.2) is 0 Å². The lowest BCUT2D eigenvalue weighted by atomic mass is 9.84. The minimum Gasteiger partial charge on any atom is -0.350 e. The molecule has 1 aliphatic rings. The molecule has 4 nitrogen and oxygen atoms in total. The van der Waals surface area contributed by atoms with E-state index in [0.29, 0.717) is 19.3 Å². The molecule has 2 amide bonds. The molecule has 166 valence electrons. The Morgan fingerprint density at radius 2 is 1.81 bits per heavy atom. The van der Waals surface area contributed by atoms with E-state index >= 15 is 0 Å². The minimum absolute atomic E-state index is 0.0465. The fourth-order valence-electron chi connectivity index (χ4n) is 4.50. The number of carbonyl (C=O) groups is 2. The summed E-state index contributed by atoms with van der Waals surface area (Å²) in [7, 11) is 0. The van der Waals surface area contributed by atoms with Crippen LogP contribution in [0.5, 0.6) is 0 Å². The zero-order valence-corrected chi connectivity index (χ0v) is 19.3. The molecule has 4 rings (SSSR count). The average molecular weight is 447 g/mol. The lowest BCUT2D eigenvalue weighted by Gasteiger charge is -2.30. The van der Waals surface area contributed by atoms with Crippen molar-refractivity contribution in [2.24, 2.45) is 0 Å². The Morgan fingerprint density at radius 1 is 1.06 bits per heavy atom. The summed E-state index contributed by atoms with van der Waals surface area (Å²) in [6.45, 7) is 2.09. The summed E-state index contributed by atoms with van der Waals surface area (Å²) < 4.78 is 0. The molecular weight excluding hydrogens is 416 g/mol. The summed E-state index contributed by atoms with van der Waals surface area (Å²) in [5.74, 6) is 0.126. The molecular formula is C27H30N2O2S. The van der Waals surface area contributed by atoms with E-state index in [-0.39, 0.29) is 23.4 Å². The fourth-order valence-corrected chi connectivity index (χ4v) is 5.36. The topological polar surface area (TPSA) is 58.2 Å². The molecule has 0 aliphatic carbocycles. The normalized spacial score (nSPS) is 18.8. The second-order valence-electron chi connectivity index (χ2n) is 8.61. The summed E-state index contributed by atoms with van der Waals surface area (Å²) >= 11 is 1.67. The van der Waals surface area contributed by atoms with E-state index in [1.807, 2.05) is 29.6 Å². The minimum atomic E-state index is -0.354. The summed E-state index contributed by atoms with van der Waals surface area (Å²) in [6.07, 6.45) is 3.94. The second-order valence-corrected chi connectivity index (χ2v) is 9.59. The van der Waals surface area contributed by atoms with E-state index in [1.54, 1.807) is 11.3 Å². The van der Waals surface area contributed by atoms with Crippen LogP contribution in [0.25, 0.3) is 11.1 Å². The van der Waals surface area contributed by atoms with Gasteiger partial charge in [0, 0.05) is 23.3 Å². The molecule has 5 heteroatoms. The van der Waals surface area contributed by atoms with Crippen molar-refractivity contribution in [3.63, 3.8) is 0 Å². The lowest BCUT2D eigenvalue weighted by Crippen LogP contribution is -2.44. The number of nitrogens with one attached hydrogen (secondary N) is 2. The predicted octanol–water partition coefficient (Wildman–Crippen LogP) is 5.65. The van der Waals surface area contributed by atoms with Gasteiger partial charge in [-0.05, 0) is 53.8 Å².